The first-order valence-electron chi connectivity index (χ1n) is 6.43. The molecular formula is C13H20IN3O4. The Morgan fingerprint density at radius 1 is 1.57 bits per heavy atom. The highest BCUT2D eigenvalue weighted by molar-refractivity contribution is 14.0. The second-order valence-corrected chi connectivity index (χ2v) is 4.56. The Hall–Kier alpha value is -1.29. The number of hydrogen-bond acceptors (Lipinski definition) is 5. The van der Waals surface area contributed by atoms with E-state index in [2.05, 4.69) is 9.73 Å². The third kappa shape index (κ3) is 4.88. The lowest BCUT2D eigenvalue weighted by Crippen LogP contribution is -2.47. The Kier molecular flexibility index (Phi) is 6.96. The largest absolute Gasteiger partial charge is 0.463 e. The smallest absolute Gasteiger partial charge is 0.373 e. The first-order valence-corrected chi connectivity index (χ1v) is 6.43. The van der Waals surface area contributed by atoms with Crippen LogP contribution in [-0.4, -0.2) is 49.7 Å². The van der Waals surface area contributed by atoms with Gasteiger partial charge in [-0.2, -0.15) is 0 Å². The van der Waals surface area contributed by atoms with E-state index in [1.165, 1.54) is 7.11 Å². The number of carbonyl (C=O) groups is 1. The van der Waals surface area contributed by atoms with Crippen molar-refractivity contribution in [2.45, 2.75) is 19.6 Å². The highest BCUT2D eigenvalue weighted by Gasteiger charge is 2.18. The molecule has 1 atom stereocenters. The number of esters is 1. The molecule has 2 N–H and O–H groups in total. The number of halogens is 1. The van der Waals surface area contributed by atoms with Crippen LogP contribution in [0.15, 0.2) is 21.5 Å². The van der Waals surface area contributed by atoms with Crippen LogP contribution in [0.1, 0.15) is 23.2 Å². The predicted molar refractivity (Wildman–Crippen MR) is 87.8 cm³/mol. The van der Waals surface area contributed by atoms with Gasteiger partial charge in [-0.3, -0.25) is 0 Å². The minimum Gasteiger partial charge on any atom is -0.463 e. The molecule has 1 aromatic rings. The zero-order chi connectivity index (χ0) is 14.5. The number of methoxy groups -OCH3 is 1. The minimum atomic E-state index is -0.504. The summed E-state index contributed by atoms with van der Waals surface area (Å²) in [5.74, 6) is 0.678. The van der Waals surface area contributed by atoms with E-state index in [-0.39, 0.29) is 42.4 Å². The van der Waals surface area contributed by atoms with Crippen molar-refractivity contribution in [1.82, 2.24) is 4.90 Å². The Bertz CT molecular complexity index is 503. The van der Waals surface area contributed by atoms with Gasteiger partial charge in [-0.25, -0.2) is 9.79 Å². The van der Waals surface area contributed by atoms with Crippen molar-refractivity contribution in [3.63, 3.8) is 0 Å². The molecule has 0 bridgehead atoms. The normalized spacial score (nSPS) is 19.0. The predicted octanol–water partition coefficient (Wildman–Crippen LogP) is 1.22. The highest BCUT2D eigenvalue weighted by Crippen LogP contribution is 2.11. The van der Waals surface area contributed by atoms with Crippen molar-refractivity contribution in [1.29, 1.82) is 0 Å². The fraction of sp³-hybridized carbons (Fsp3) is 0.538. The number of furan rings is 1. The number of morpholine rings is 1. The molecule has 0 radical (unpaired) electrons. The number of nitrogens with zero attached hydrogens (tertiary/aromatic N) is 2. The molecule has 7 nitrogen and oxygen atoms in total. The summed E-state index contributed by atoms with van der Waals surface area (Å²) in [5.41, 5.74) is 5.94. The monoisotopic (exact) mass is 409 g/mol. The fourth-order valence-electron chi connectivity index (χ4n) is 1.96. The third-order valence-electron chi connectivity index (χ3n) is 3.01. The van der Waals surface area contributed by atoms with Gasteiger partial charge in [0.15, 0.2) is 5.96 Å². The van der Waals surface area contributed by atoms with E-state index in [4.69, 9.17) is 14.9 Å². The number of guanidine groups is 1. The molecule has 0 aliphatic carbocycles. The lowest BCUT2D eigenvalue weighted by Gasteiger charge is -2.31. The number of nitrogens with two attached hydrogens (primary N) is 1. The summed E-state index contributed by atoms with van der Waals surface area (Å²) in [4.78, 5) is 17.5. The van der Waals surface area contributed by atoms with Gasteiger partial charge >= 0.3 is 5.97 Å². The lowest BCUT2D eigenvalue weighted by atomic mass is 10.3. The Morgan fingerprint density at radius 2 is 2.33 bits per heavy atom. The standard InChI is InChI=1S/C13H19N3O4.HI/c1-9-8-16(5-6-19-9)13(14)15-7-10-3-4-11(20-10)12(17)18-2;/h3-4,9H,5-8H2,1-2H3,(H2,14,15);1H. The van der Waals surface area contributed by atoms with Gasteiger partial charge < -0.3 is 24.5 Å². The molecule has 1 aromatic heterocycles. The number of aliphatic imine (C=N–C) groups is 1. The molecule has 118 valence electrons. The molecule has 1 aliphatic rings. The number of hydrogen-bond donors (Lipinski definition) is 1. The van der Waals surface area contributed by atoms with Crippen molar-refractivity contribution in [2.24, 2.45) is 10.7 Å². The Labute approximate surface area is 140 Å². The summed E-state index contributed by atoms with van der Waals surface area (Å²) in [6.07, 6.45) is 0.145. The second-order valence-electron chi connectivity index (χ2n) is 4.56. The molecule has 1 aliphatic heterocycles. The summed E-state index contributed by atoms with van der Waals surface area (Å²) < 4.78 is 15.3. The van der Waals surface area contributed by atoms with Crippen LogP contribution in [0, 0.1) is 0 Å². The molecule has 1 fully saturated rings. The van der Waals surface area contributed by atoms with Gasteiger partial charge in [0.1, 0.15) is 12.3 Å². The van der Waals surface area contributed by atoms with E-state index in [0.717, 1.165) is 13.1 Å². The van der Waals surface area contributed by atoms with Gasteiger partial charge in [-0.05, 0) is 19.1 Å². The summed E-state index contributed by atoms with van der Waals surface area (Å²) in [6, 6.07) is 3.24. The van der Waals surface area contributed by atoms with Crippen LogP contribution in [0.2, 0.25) is 0 Å². The highest BCUT2D eigenvalue weighted by atomic mass is 127. The maximum atomic E-state index is 11.2. The van der Waals surface area contributed by atoms with E-state index in [9.17, 15) is 4.79 Å². The first kappa shape index (κ1) is 17.8. The molecule has 2 heterocycles. The van der Waals surface area contributed by atoms with Gasteiger partial charge in [0.05, 0.1) is 19.8 Å². The maximum absolute atomic E-state index is 11.2. The van der Waals surface area contributed by atoms with E-state index in [0.29, 0.717) is 18.3 Å². The van der Waals surface area contributed by atoms with Crippen molar-refractivity contribution in [2.75, 3.05) is 26.8 Å². The SMILES string of the molecule is COC(=O)c1ccc(CN=C(N)N2CCOC(C)C2)o1.I. The molecule has 0 amide bonds. The Balaban J connectivity index is 0.00000220. The van der Waals surface area contributed by atoms with Crippen LogP contribution >= 0.6 is 24.0 Å². The van der Waals surface area contributed by atoms with Crippen LogP contribution in [0.25, 0.3) is 0 Å². The molecule has 8 heteroatoms. The van der Waals surface area contributed by atoms with Crippen LogP contribution in [0.5, 0.6) is 0 Å². The maximum Gasteiger partial charge on any atom is 0.373 e. The minimum absolute atomic E-state index is 0. The molecule has 2 rings (SSSR count). The quantitative estimate of drug-likeness (QED) is 0.350. The average Bonchev–Trinajstić information content (AvgIpc) is 2.92. The fourth-order valence-corrected chi connectivity index (χ4v) is 1.96. The van der Waals surface area contributed by atoms with Crippen molar-refractivity contribution < 1.29 is 18.7 Å². The van der Waals surface area contributed by atoms with E-state index in [1.807, 2.05) is 11.8 Å². The summed E-state index contributed by atoms with van der Waals surface area (Å²) in [7, 11) is 1.31. The van der Waals surface area contributed by atoms with Crippen LogP contribution in [-0.2, 0) is 16.0 Å². The number of ether oxygens (including phenoxy) is 2. The zero-order valence-electron chi connectivity index (χ0n) is 12.1. The van der Waals surface area contributed by atoms with Crippen LogP contribution < -0.4 is 5.73 Å². The van der Waals surface area contributed by atoms with Crippen molar-refractivity contribution in [3.8, 4) is 0 Å². The molecule has 1 unspecified atom stereocenters. The zero-order valence-corrected chi connectivity index (χ0v) is 14.4. The molecule has 0 spiro atoms. The van der Waals surface area contributed by atoms with E-state index in [1.54, 1.807) is 12.1 Å². The van der Waals surface area contributed by atoms with Gasteiger partial charge in [-0.1, -0.05) is 0 Å². The summed E-state index contributed by atoms with van der Waals surface area (Å²) in [6.45, 7) is 4.37. The van der Waals surface area contributed by atoms with E-state index < -0.39 is 5.97 Å². The average molecular weight is 409 g/mol. The van der Waals surface area contributed by atoms with Gasteiger partial charge in [0.2, 0.25) is 5.76 Å². The summed E-state index contributed by atoms with van der Waals surface area (Å²) >= 11 is 0. The third-order valence-corrected chi connectivity index (χ3v) is 3.01. The molecule has 0 aromatic carbocycles. The number of carbonyl (C=O) groups excluding carboxylic acids is 1. The van der Waals surface area contributed by atoms with Gasteiger partial charge in [0.25, 0.3) is 0 Å². The number of rotatable bonds is 3. The molecule has 0 saturated carbocycles. The van der Waals surface area contributed by atoms with Crippen LogP contribution in [0.4, 0.5) is 0 Å². The lowest BCUT2D eigenvalue weighted by molar-refractivity contribution is 0.00527. The van der Waals surface area contributed by atoms with Gasteiger partial charge in [0, 0.05) is 13.1 Å². The topological polar surface area (TPSA) is 90.3 Å². The summed E-state index contributed by atoms with van der Waals surface area (Å²) in [5, 5.41) is 0. The molecular weight excluding hydrogens is 389 g/mol. The Morgan fingerprint density at radius 3 is 3.00 bits per heavy atom. The first-order chi connectivity index (χ1) is 9.60. The van der Waals surface area contributed by atoms with E-state index >= 15 is 0 Å². The van der Waals surface area contributed by atoms with Gasteiger partial charge in [-0.15, -0.1) is 24.0 Å². The van der Waals surface area contributed by atoms with Crippen molar-refractivity contribution >= 4 is 35.9 Å². The van der Waals surface area contributed by atoms with Crippen LogP contribution in [0.3, 0.4) is 0 Å². The second kappa shape index (κ2) is 8.23. The van der Waals surface area contributed by atoms with Crippen molar-refractivity contribution in [3.05, 3.63) is 23.7 Å². The molecule has 21 heavy (non-hydrogen) atoms. The molecule has 1 saturated heterocycles.